The van der Waals surface area contributed by atoms with Gasteiger partial charge in [-0.25, -0.2) is 4.98 Å². The molecule has 0 aliphatic heterocycles. The van der Waals surface area contributed by atoms with Gasteiger partial charge in [-0.1, -0.05) is 31.5 Å². The molecule has 5 nitrogen and oxygen atoms in total. The molecule has 0 amide bonds. The number of aromatic amines is 1. The molecule has 0 aliphatic carbocycles. The second-order valence-electron chi connectivity index (χ2n) is 4.55. The van der Waals surface area contributed by atoms with Crippen LogP contribution in [0.4, 0.5) is 0 Å². The first kappa shape index (κ1) is 16.8. The Hall–Kier alpha value is -2.53. The van der Waals surface area contributed by atoms with E-state index in [1.165, 1.54) is 6.20 Å². The maximum Gasteiger partial charge on any atom is 0.295 e. The first-order valence-electron chi connectivity index (χ1n) is 7.20. The molecule has 2 heterocycles. The largest absolute Gasteiger partial charge is 0.504 e. The monoisotopic (exact) mass is 332 g/mol. The molecular formula is C17H17ClN2O3. The van der Waals surface area contributed by atoms with E-state index < -0.39 is 5.56 Å². The number of halogens is 1. The zero-order valence-electron chi connectivity index (χ0n) is 13.1. The molecule has 0 saturated carbocycles. The summed E-state index contributed by atoms with van der Waals surface area (Å²) < 4.78 is 5.38. The zero-order valence-corrected chi connectivity index (χ0v) is 13.8. The number of H-pyrrole nitrogens is 1. The minimum Gasteiger partial charge on any atom is -0.504 e. The predicted octanol–water partition coefficient (Wildman–Crippen LogP) is 4.41. The summed E-state index contributed by atoms with van der Waals surface area (Å²) in [5.74, 6) is -0.203. The van der Waals surface area contributed by atoms with Gasteiger partial charge in [-0.2, -0.15) is 0 Å². The van der Waals surface area contributed by atoms with Crippen LogP contribution in [0.2, 0.25) is 5.02 Å². The van der Waals surface area contributed by atoms with Crippen molar-refractivity contribution in [1.82, 2.24) is 9.97 Å². The number of nitrogens with zero attached hydrogens (tertiary/aromatic N) is 1. The molecule has 0 bridgehead atoms. The lowest BCUT2D eigenvalue weighted by Crippen LogP contribution is -2.09. The van der Waals surface area contributed by atoms with E-state index in [1.54, 1.807) is 30.3 Å². The fourth-order valence-corrected chi connectivity index (χ4v) is 2.16. The maximum atomic E-state index is 12.0. The van der Waals surface area contributed by atoms with Gasteiger partial charge in [-0.05, 0) is 30.7 Å². The van der Waals surface area contributed by atoms with Gasteiger partial charge in [-0.3, -0.25) is 4.79 Å². The van der Waals surface area contributed by atoms with Crippen LogP contribution < -0.4 is 10.3 Å². The summed E-state index contributed by atoms with van der Waals surface area (Å²) in [6.07, 6.45) is 1.53. The minimum absolute atomic E-state index is 0.192. The van der Waals surface area contributed by atoms with E-state index in [-0.39, 0.29) is 17.4 Å². The molecule has 1 aromatic carbocycles. The van der Waals surface area contributed by atoms with E-state index >= 15 is 0 Å². The molecule has 23 heavy (non-hydrogen) atoms. The Bertz CT molecular complexity index is 876. The molecule has 3 aromatic rings. The molecule has 0 saturated heterocycles. The molecular weight excluding hydrogens is 316 g/mol. The number of nitrogens with one attached hydrogen (secondary N) is 1. The average Bonchev–Trinajstić information content (AvgIpc) is 2.57. The molecule has 3 rings (SSSR count). The maximum absolute atomic E-state index is 12.0. The predicted molar refractivity (Wildman–Crippen MR) is 91.6 cm³/mol. The van der Waals surface area contributed by atoms with E-state index in [0.717, 1.165) is 5.56 Å². The van der Waals surface area contributed by atoms with Gasteiger partial charge in [0.25, 0.3) is 5.56 Å². The van der Waals surface area contributed by atoms with Crippen LogP contribution in [0.1, 0.15) is 19.4 Å². The second-order valence-corrected chi connectivity index (χ2v) is 4.96. The standard InChI is InChI=1S/C15H11ClN2O3.C2H6/c1-8-6-9-11(7-10(8)16)18-15(20)14(13(9)19)21-12-4-2-3-5-17-12;1-2/h2-7H,1H3,(H2,18,19,20);1-2H3. The Morgan fingerprint density at radius 2 is 2.00 bits per heavy atom. The number of aromatic hydroxyl groups is 1. The van der Waals surface area contributed by atoms with Crippen LogP contribution in [0.25, 0.3) is 10.9 Å². The van der Waals surface area contributed by atoms with Crippen LogP contribution in [0.5, 0.6) is 17.4 Å². The average molecular weight is 333 g/mol. The second kappa shape index (κ2) is 7.15. The van der Waals surface area contributed by atoms with Gasteiger partial charge in [0.1, 0.15) is 0 Å². The van der Waals surface area contributed by atoms with Crippen LogP contribution in [-0.2, 0) is 0 Å². The zero-order chi connectivity index (χ0) is 17.0. The van der Waals surface area contributed by atoms with Crippen LogP contribution in [0.3, 0.4) is 0 Å². The first-order valence-corrected chi connectivity index (χ1v) is 7.58. The van der Waals surface area contributed by atoms with E-state index in [1.807, 2.05) is 20.8 Å². The molecule has 0 unspecified atom stereocenters. The molecule has 0 spiro atoms. The molecule has 2 N–H and O–H groups in total. The van der Waals surface area contributed by atoms with Crippen molar-refractivity contribution < 1.29 is 9.84 Å². The van der Waals surface area contributed by atoms with Crippen molar-refractivity contribution in [2.24, 2.45) is 0 Å². The third-order valence-corrected chi connectivity index (χ3v) is 3.48. The van der Waals surface area contributed by atoms with Crippen LogP contribution in [0.15, 0.2) is 41.3 Å². The highest BCUT2D eigenvalue weighted by Crippen LogP contribution is 2.34. The lowest BCUT2D eigenvalue weighted by atomic mass is 10.1. The minimum atomic E-state index is -0.550. The Balaban J connectivity index is 0.000000924. The normalized spacial score (nSPS) is 10.1. The van der Waals surface area contributed by atoms with Crippen molar-refractivity contribution in [3.63, 3.8) is 0 Å². The van der Waals surface area contributed by atoms with Gasteiger partial charge in [-0.15, -0.1) is 0 Å². The molecule has 6 heteroatoms. The summed E-state index contributed by atoms with van der Waals surface area (Å²) in [5, 5.41) is 11.3. The topological polar surface area (TPSA) is 75.2 Å². The number of aryl methyl sites for hydroxylation is 1. The Kier molecular flexibility index (Phi) is 5.24. The smallest absolute Gasteiger partial charge is 0.295 e. The quantitative estimate of drug-likeness (QED) is 0.729. The summed E-state index contributed by atoms with van der Waals surface area (Å²) in [7, 11) is 0. The van der Waals surface area contributed by atoms with Crippen LogP contribution >= 0.6 is 11.6 Å². The fraction of sp³-hybridized carbons (Fsp3) is 0.176. The summed E-state index contributed by atoms with van der Waals surface area (Å²) in [6, 6.07) is 8.32. The Morgan fingerprint density at radius 3 is 2.65 bits per heavy atom. The van der Waals surface area contributed by atoms with Crippen LogP contribution in [-0.4, -0.2) is 15.1 Å². The highest BCUT2D eigenvalue weighted by Gasteiger charge is 2.15. The Labute approximate surface area is 138 Å². The number of rotatable bonds is 2. The number of ether oxygens (including phenoxy) is 1. The molecule has 0 aliphatic rings. The Morgan fingerprint density at radius 1 is 1.26 bits per heavy atom. The molecule has 2 aromatic heterocycles. The van der Waals surface area contributed by atoms with Gasteiger partial charge in [0.05, 0.1) is 5.52 Å². The van der Waals surface area contributed by atoms with Crippen molar-refractivity contribution in [2.75, 3.05) is 0 Å². The SMILES string of the molecule is CC.Cc1cc2c(O)c(Oc3ccccn3)c(=O)[nH]c2cc1Cl. The van der Waals surface area contributed by atoms with Gasteiger partial charge in [0.2, 0.25) is 11.6 Å². The van der Waals surface area contributed by atoms with E-state index in [2.05, 4.69) is 9.97 Å². The molecule has 0 radical (unpaired) electrons. The van der Waals surface area contributed by atoms with Gasteiger partial charge in [0.15, 0.2) is 5.75 Å². The molecule has 120 valence electrons. The number of aromatic nitrogens is 2. The fourth-order valence-electron chi connectivity index (χ4n) is 2.00. The summed E-state index contributed by atoms with van der Waals surface area (Å²) in [4.78, 5) is 18.6. The highest BCUT2D eigenvalue weighted by molar-refractivity contribution is 6.32. The van der Waals surface area contributed by atoms with Gasteiger partial charge < -0.3 is 14.8 Å². The highest BCUT2D eigenvalue weighted by atomic mass is 35.5. The third kappa shape index (κ3) is 3.46. The molecule has 0 atom stereocenters. The van der Waals surface area contributed by atoms with Crippen LogP contribution in [0, 0.1) is 6.92 Å². The van der Waals surface area contributed by atoms with E-state index in [4.69, 9.17) is 16.3 Å². The number of fused-ring (bicyclic) bond motifs is 1. The van der Waals surface area contributed by atoms with Crippen molar-refractivity contribution in [3.05, 3.63) is 57.5 Å². The number of hydrogen-bond acceptors (Lipinski definition) is 4. The van der Waals surface area contributed by atoms with Gasteiger partial charge >= 0.3 is 0 Å². The summed E-state index contributed by atoms with van der Waals surface area (Å²) in [5.41, 5.74) is 0.683. The number of pyridine rings is 2. The van der Waals surface area contributed by atoms with Crippen molar-refractivity contribution >= 4 is 22.5 Å². The summed E-state index contributed by atoms with van der Waals surface area (Å²) in [6.45, 7) is 5.81. The lowest BCUT2D eigenvalue weighted by molar-refractivity contribution is 0.401. The van der Waals surface area contributed by atoms with Crippen molar-refractivity contribution in [1.29, 1.82) is 0 Å². The van der Waals surface area contributed by atoms with Crippen molar-refractivity contribution in [3.8, 4) is 17.4 Å². The number of hydrogen-bond donors (Lipinski definition) is 2. The third-order valence-electron chi connectivity index (χ3n) is 3.07. The van der Waals surface area contributed by atoms with E-state index in [9.17, 15) is 9.90 Å². The number of benzene rings is 1. The molecule has 0 fully saturated rings. The first-order chi connectivity index (χ1) is 11.1. The van der Waals surface area contributed by atoms with Gasteiger partial charge in [0, 0.05) is 22.7 Å². The van der Waals surface area contributed by atoms with E-state index in [0.29, 0.717) is 15.9 Å². The van der Waals surface area contributed by atoms with Crippen molar-refractivity contribution in [2.45, 2.75) is 20.8 Å². The lowest BCUT2D eigenvalue weighted by Gasteiger charge is -2.09. The summed E-state index contributed by atoms with van der Waals surface area (Å²) >= 11 is 6.02.